The molecule has 3 aromatic rings. The van der Waals surface area contributed by atoms with Crippen LogP contribution < -0.4 is 5.73 Å². The van der Waals surface area contributed by atoms with Crippen LogP contribution >= 0.6 is 36.4 Å². The number of halogens is 3. The van der Waals surface area contributed by atoms with Crippen LogP contribution in [0.3, 0.4) is 0 Å². The highest BCUT2D eigenvalue weighted by Crippen LogP contribution is 2.36. The molecular weight excluding hydrogens is 397 g/mol. The molecule has 0 aliphatic rings. The van der Waals surface area contributed by atoms with Crippen LogP contribution in [0.25, 0.3) is 16.9 Å². The monoisotopic (exact) mass is 415 g/mol. The lowest BCUT2D eigenvalue weighted by Crippen LogP contribution is -2.12. The third-order valence-electron chi connectivity index (χ3n) is 4.02. The second-order valence-corrected chi connectivity index (χ2v) is 5.97. The number of nitrogens with two attached hydrogens (primary N) is 1. The van der Waals surface area contributed by atoms with Crippen molar-refractivity contribution < 1.29 is 4.79 Å². The maximum atomic E-state index is 11.2. The van der Waals surface area contributed by atoms with E-state index in [0.29, 0.717) is 17.1 Å². The summed E-state index contributed by atoms with van der Waals surface area (Å²) in [6.07, 6.45) is 2.53. The average Bonchev–Trinajstić information content (AvgIpc) is 3.06. The summed E-state index contributed by atoms with van der Waals surface area (Å²) in [5, 5.41) is 4.95. The van der Waals surface area contributed by atoms with Gasteiger partial charge in [0, 0.05) is 35.6 Å². The van der Waals surface area contributed by atoms with Crippen LogP contribution in [0.2, 0.25) is 5.02 Å². The number of benzene rings is 1. The minimum absolute atomic E-state index is 0. The number of nitrogens with zero attached hydrogens (tertiary/aromatic N) is 4. The topological polar surface area (TPSA) is 78.7 Å². The van der Waals surface area contributed by atoms with Crippen LogP contribution in [-0.2, 0) is 13.6 Å². The van der Waals surface area contributed by atoms with Gasteiger partial charge in [-0.1, -0.05) is 29.8 Å². The van der Waals surface area contributed by atoms with Crippen LogP contribution in [0.1, 0.15) is 27.6 Å². The van der Waals surface area contributed by atoms with Crippen LogP contribution in [-0.4, -0.2) is 25.6 Å². The molecule has 3 rings (SSSR count). The Bertz CT molecular complexity index is 933. The largest absolute Gasteiger partial charge is 0.324 e. The third kappa shape index (κ3) is 3.50. The van der Waals surface area contributed by atoms with E-state index in [-0.39, 0.29) is 24.8 Å². The first-order valence-corrected chi connectivity index (χ1v) is 7.88. The Morgan fingerprint density at radius 2 is 1.96 bits per heavy atom. The van der Waals surface area contributed by atoms with E-state index in [1.165, 1.54) is 0 Å². The Labute approximate surface area is 169 Å². The van der Waals surface area contributed by atoms with E-state index in [1.54, 1.807) is 16.9 Å². The molecule has 9 heteroatoms. The molecule has 2 heterocycles. The van der Waals surface area contributed by atoms with Crippen molar-refractivity contribution in [3.8, 4) is 16.9 Å². The van der Waals surface area contributed by atoms with Crippen molar-refractivity contribution in [3.63, 3.8) is 0 Å². The van der Waals surface area contributed by atoms with Gasteiger partial charge >= 0.3 is 0 Å². The van der Waals surface area contributed by atoms with Gasteiger partial charge < -0.3 is 5.73 Å². The maximum absolute atomic E-state index is 11.2. The second kappa shape index (κ2) is 8.68. The van der Waals surface area contributed by atoms with Crippen molar-refractivity contribution in [2.45, 2.75) is 20.4 Å². The van der Waals surface area contributed by atoms with E-state index in [1.807, 2.05) is 37.6 Å². The minimum Gasteiger partial charge on any atom is -0.324 e. The summed E-state index contributed by atoms with van der Waals surface area (Å²) in [7, 11) is 1.86. The van der Waals surface area contributed by atoms with Gasteiger partial charge in [-0.15, -0.1) is 24.8 Å². The second-order valence-electron chi connectivity index (χ2n) is 5.59. The van der Waals surface area contributed by atoms with E-state index in [9.17, 15) is 4.79 Å². The molecule has 26 heavy (non-hydrogen) atoms. The van der Waals surface area contributed by atoms with Crippen molar-refractivity contribution in [1.82, 2.24) is 19.3 Å². The molecule has 1 aromatic carbocycles. The average molecular weight is 417 g/mol. The summed E-state index contributed by atoms with van der Waals surface area (Å²) in [5.74, 6) is 1.56. The predicted molar refractivity (Wildman–Crippen MR) is 108 cm³/mol. The predicted octanol–water partition coefficient (Wildman–Crippen LogP) is 3.66. The number of rotatable bonds is 4. The zero-order valence-electron chi connectivity index (χ0n) is 14.6. The number of aldehydes is 1. The van der Waals surface area contributed by atoms with Crippen molar-refractivity contribution in [2.24, 2.45) is 12.8 Å². The lowest BCUT2D eigenvalue weighted by atomic mass is 10.0. The lowest BCUT2D eigenvalue weighted by Gasteiger charge is -2.14. The fourth-order valence-electron chi connectivity index (χ4n) is 2.97. The number of carbonyl (C=O) groups excluding carboxylic acids is 1. The van der Waals surface area contributed by atoms with Gasteiger partial charge in [0.1, 0.15) is 11.6 Å². The summed E-state index contributed by atoms with van der Waals surface area (Å²) < 4.78 is 3.75. The molecule has 0 bridgehead atoms. The van der Waals surface area contributed by atoms with E-state index < -0.39 is 0 Å². The molecule has 0 atom stereocenters. The summed E-state index contributed by atoms with van der Waals surface area (Å²) in [6, 6.07) is 5.39. The van der Waals surface area contributed by atoms with Gasteiger partial charge in [0.25, 0.3) is 0 Å². The highest BCUT2D eigenvalue weighted by atomic mass is 35.5. The van der Waals surface area contributed by atoms with Crippen molar-refractivity contribution in [3.05, 3.63) is 52.2 Å². The number of aromatic nitrogens is 4. The van der Waals surface area contributed by atoms with Crippen LogP contribution in [0.15, 0.2) is 24.4 Å². The van der Waals surface area contributed by atoms with Crippen LogP contribution in [0.4, 0.5) is 0 Å². The smallest absolute Gasteiger partial charge is 0.151 e. The fourth-order valence-corrected chi connectivity index (χ4v) is 3.24. The Morgan fingerprint density at radius 3 is 2.58 bits per heavy atom. The van der Waals surface area contributed by atoms with Gasteiger partial charge in [-0.2, -0.15) is 5.10 Å². The molecule has 0 radical (unpaired) electrons. The van der Waals surface area contributed by atoms with Gasteiger partial charge in [-0.25, -0.2) is 4.98 Å². The normalized spacial score (nSPS) is 10.2. The zero-order chi connectivity index (χ0) is 17.4. The molecule has 0 saturated carbocycles. The molecule has 0 aliphatic heterocycles. The Kier molecular flexibility index (Phi) is 7.41. The standard InChI is InChI=1S/C17H18ClN5O.2ClH/c1-10-8-20-14(7-19)23(10)17-15(11(2)21-22(17)3)13-6-4-5-12(9-24)16(13)18;;/h4-6,8-9H,7,19H2,1-3H3;2*1H. The third-order valence-corrected chi connectivity index (χ3v) is 4.44. The van der Waals surface area contributed by atoms with Crippen LogP contribution in [0.5, 0.6) is 0 Å². The Balaban J connectivity index is 0.00000169. The molecule has 0 amide bonds. The van der Waals surface area contributed by atoms with Crippen molar-refractivity contribution >= 4 is 42.7 Å². The highest BCUT2D eigenvalue weighted by Gasteiger charge is 2.22. The number of aryl methyl sites for hydroxylation is 3. The molecule has 0 saturated heterocycles. The van der Waals surface area contributed by atoms with Gasteiger partial charge in [0.05, 0.1) is 17.3 Å². The quantitative estimate of drug-likeness (QED) is 0.658. The van der Waals surface area contributed by atoms with Gasteiger partial charge in [-0.3, -0.25) is 14.0 Å². The first-order chi connectivity index (χ1) is 11.5. The molecule has 0 unspecified atom stereocenters. The molecule has 0 aliphatic carbocycles. The van der Waals surface area contributed by atoms with Crippen molar-refractivity contribution in [2.75, 3.05) is 0 Å². The van der Waals surface area contributed by atoms with Gasteiger partial charge in [-0.05, 0) is 13.8 Å². The molecule has 140 valence electrons. The molecule has 6 nitrogen and oxygen atoms in total. The maximum Gasteiger partial charge on any atom is 0.151 e. The fraction of sp³-hybridized carbons (Fsp3) is 0.235. The highest BCUT2D eigenvalue weighted by molar-refractivity contribution is 6.35. The Morgan fingerprint density at radius 1 is 1.27 bits per heavy atom. The number of hydrogen-bond donors (Lipinski definition) is 1. The number of carbonyl (C=O) groups is 1. The minimum atomic E-state index is 0. The van der Waals surface area contributed by atoms with Crippen LogP contribution in [0, 0.1) is 13.8 Å². The van der Waals surface area contributed by atoms with E-state index in [4.69, 9.17) is 17.3 Å². The number of imidazole rings is 1. The summed E-state index contributed by atoms with van der Waals surface area (Å²) in [5.41, 5.74) is 9.67. The van der Waals surface area contributed by atoms with Gasteiger partial charge in [0.15, 0.2) is 6.29 Å². The van der Waals surface area contributed by atoms with Crippen molar-refractivity contribution in [1.29, 1.82) is 0 Å². The lowest BCUT2D eigenvalue weighted by molar-refractivity contribution is 0.112. The summed E-state index contributed by atoms with van der Waals surface area (Å²) in [4.78, 5) is 15.6. The molecule has 2 aromatic heterocycles. The first-order valence-electron chi connectivity index (χ1n) is 7.50. The van der Waals surface area contributed by atoms with E-state index in [0.717, 1.165) is 40.4 Å². The molecule has 0 spiro atoms. The summed E-state index contributed by atoms with van der Waals surface area (Å²) >= 11 is 6.45. The van der Waals surface area contributed by atoms with Gasteiger partial charge in [0.2, 0.25) is 0 Å². The number of hydrogen-bond acceptors (Lipinski definition) is 4. The zero-order valence-corrected chi connectivity index (χ0v) is 17.0. The molecule has 2 N–H and O–H groups in total. The Hall–Kier alpha value is -1.86. The molecular formula is C17H20Cl3N5O. The SMILES string of the molecule is Cc1nn(C)c(-n2c(C)cnc2CN)c1-c1cccc(C=O)c1Cl.Cl.Cl. The molecule has 0 fully saturated rings. The first kappa shape index (κ1) is 22.2. The van der Waals surface area contributed by atoms with E-state index in [2.05, 4.69) is 10.1 Å². The van der Waals surface area contributed by atoms with E-state index >= 15 is 0 Å². The summed E-state index contributed by atoms with van der Waals surface area (Å²) in [6.45, 7) is 4.18.